The van der Waals surface area contributed by atoms with Crippen molar-refractivity contribution in [1.82, 2.24) is 5.32 Å². The lowest BCUT2D eigenvalue weighted by Gasteiger charge is -2.31. The van der Waals surface area contributed by atoms with Gasteiger partial charge in [0.05, 0.1) is 0 Å². The Kier molecular flexibility index (Phi) is 5.56. The van der Waals surface area contributed by atoms with Gasteiger partial charge >= 0.3 is 0 Å². The van der Waals surface area contributed by atoms with Crippen molar-refractivity contribution >= 4 is 0 Å². The molecule has 0 aliphatic heterocycles. The van der Waals surface area contributed by atoms with Gasteiger partial charge in [-0.25, -0.2) is 4.39 Å². The third-order valence-electron chi connectivity index (χ3n) is 2.77. The van der Waals surface area contributed by atoms with Crippen molar-refractivity contribution in [2.45, 2.75) is 51.7 Å². The lowest BCUT2D eigenvalue weighted by Crippen LogP contribution is -2.47. The molecule has 2 unspecified atom stereocenters. The Bertz CT molecular complexity index is 295. The van der Waals surface area contributed by atoms with Gasteiger partial charge in [-0.1, -0.05) is 19.8 Å². The first kappa shape index (κ1) is 15.0. The predicted molar refractivity (Wildman–Crippen MR) is 67.7 cm³/mol. The van der Waals surface area contributed by atoms with Crippen molar-refractivity contribution in [3.63, 3.8) is 0 Å². The number of nitrogens with one attached hydrogen (secondary N) is 1. The zero-order valence-electron chi connectivity index (χ0n) is 10.7. The summed E-state index contributed by atoms with van der Waals surface area (Å²) in [4.78, 5) is 0. The summed E-state index contributed by atoms with van der Waals surface area (Å²) < 4.78 is 13.9. The van der Waals surface area contributed by atoms with Gasteiger partial charge in [-0.15, -0.1) is 18.8 Å². The van der Waals surface area contributed by atoms with Crippen LogP contribution in [0.5, 0.6) is 0 Å². The van der Waals surface area contributed by atoms with E-state index in [1.165, 1.54) is 0 Å². The van der Waals surface area contributed by atoms with Crippen molar-refractivity contribution in [1.29, 1.82) is 0 Å². The standard InChI is InChI=1S/C14H22FN/c1-7-12(4)10-13(5,6)16-11-14(15,8-2)9-3/h1-2,12,16H,9-11H2,3-6H3. The van der Waals surface area contributed by atoms with E-state index in [1.807, 2.05) is 20.8 Å². The Labute approximate surface area is 99.2 Å². The minimum atomic E-state index is -1.56. The summed E-state index contributed by atoms with van der Waals surface area (Å²) in [6.07, 6.45) is 11.6. The molecule has 1 nitrogen and oxygen atoms in total. The third kappa shape index (κ3) is 5.19. The highest BCUT2D eigenvalue weighted by Gasteiger charge is 2.28. The van der Waals surface area contributed by atoms with Crippen LogP contribution in [0.3, 0.4) is 0 Å². The Morgan fingerprint density at radius 3 is 2.31 bits per heavy atom. The first-order chi connectivity index (χ1) is 7.28. The topological polar surface area (TPSA) is 12.0 Å². The molecule has 0 radical (unpaired) electrons. The van der Waals surface area contributed by atoms with E-state index in [9.17, 15) is 4.39 Å². The van der Waals surface area contributed by atoms with Gasteiger partial charge in [-0.05, 0) is 26.7 Å². The largest absolute Gasteiger partial charge is 0.308 e. The summed E-state index contributed by atoms with van der Waals surface area (Å²) in [5.41, 5.74) is -1.76. The maximum absolute atomic E-state index is 13.9. The number of hydrogen-bond acceptors (Lipinski definition) is 1. The third-order valence-corrected chi connectivity index (χ3v) is 2.77. The molecule has 90 valence electrons. The molecule has 0 saturated heterocycles. The molecule has 0 saturated carbocycles. The Morgan fingerprint density at radius 2 is 1.94 bits per heavy atom. The molecular weight excluding hydrogens is 201 g/mol. The first-order valence-corrected chi connectivity index (χ1v) is 5.66. The average Bonchev–Trinajstić information content (AvgIpc) is 2.25. The van der Waals surface area contributed by atoms with E-state index < -0.39 is 5.67 Å². The molecule has 0 amide bonds. The monoisotopic (exact) mass is 223 g/mol. The SMILES string of the molecule is C#CC(C)CC(C)(C)NCC(F)(C#C)CC. The molecule has 16 heavy (non-hydrogen) atoms. The van der Waals surface area contributed by atoms with Gasteiger partial charge in [-0.3, -0.25) is 0 Å². The molecule has 2 heteroatoms. The van der Waals surface area contributed by atoms with Crippen molar-refractivity contribution in [2.24, 2.45) is 5.92 Å². The number of alkyl halides is 1. The van der Waals surface area contributed by atoms with Crippen LogP contribution in [0, 0.1) is 30.6 Å². The summed E-state index contributed by atoms with van der Waals surface area (Å²) in [7, 11) is 0. The quantitative estimate of drug-likeness (QED) is 0.683. The Balaban J connectivity index is 4.30. The fraction of sp³-hybridized carbons (Fsp3) is 0.714. The minimum Gasteiger partial charge on any atom is -0.308 e. The summed E-state index contributed by atoms with van der Waals surface area (Å²) in [6, 6.07) is 0. The highest BCUT2D eigenvalue weighted by molar-refractivity contribution is 5.09. The van der Waals surface area contributed by atoms with Gasteiger partial charge in [0.2, 0.25) is 0 Å². The normalized spacial score (nSPS) is 16.9. The van der Waals surface area contributed by atoms with Crippen LogP contribution < -0.4 is 5.32 Å². The maximum atomic E-state index is 13.9. The second kappa shape index (κ2) is 5.92. The molecule has 1 N–H and O–H groups in total. The summed E-state index contributed by atoms with van der Waals surface area (Å²) in [5, 5.41) is 3.15. The number of halogens is 1. The molecule has 0 rings (SSSR count). The molecule has 0 heterocycles. The van der Waals surface area contributed by atoms with E-state index in [0.717, 1.165) is 6.42 Å². The summed E-state index contributed by atoms with van der Waals surface area (Å²) in [5.74, 6) is 5.04. The van der Waals surface area contributed by atoms with E-state index in [0.29, 0.717) is 6.42 Å². The molecular formula is C14H22FN. The molecule has 2 atom stereocenters. The molecule has 0 bridgehead atoms. The van der Waals surface area contributed by atoms with Crippen molar-refractivity contribution in [2.75, 3.05) is 6.54 Å². The number of terminal acetylenes is 2. The minimum absolute atomic E-state index is 0.170. The van der Waals surface area contributed by atoms with Gasteiger partial charge in [0.25, 0.3) is 0 Å². The number of rotatable bonds is 6. The molecule has 0 spiro atoms. The Morgan fingerprint density at radius 1 is 1.38 bits per heavy atom. The molecule has 0 aliphatic rings. The second-order valence-corrected chi connectivity index (χ2v) is 4.97. The van der Waals surface area contributed by atoms with Crippen LogP contribution in [0.2, 0.25) is 0 Å². The van der Waals surface area contributed by atoms with E-state index >= 15 is 0 Å². The van der Waals surface area contributed by atoms with Gasteiger partial charge in [0.15, 0.2) is 5.67 Å². The second-order valence-electron chi connectivity index (χ2n) is 4.97. The van der Waals surface area contributed by atoms with Crippen LogP contribution in [0.4, 0.5) is 4.39 Å². The summed E-state index contributed by atoms with van der Waals surface area (Å²) in [6.45, 7) is 7.91. The molecule has 0 fully saturated rings. The molecule has 0 aliphatic carbocycles. The van der Waals surface area contributed by atoms with Crippen LogP contribution in [0.15, 0.2) is 0 Å². The van der Waals surface area contributed by atoms with Crippen molar-refractivity contribution in [3.05, 3.63) is 0 Å². The molecule has 0 aromatic heterocycles. The van der Waals surface area contributed by atoms with Gasteiger partial charge in [-0.2, -0.15) is 0 Å². The van der Waals surface area contributed by atoms with Crippen molar-refractivity contribution < 1.29 is 4.39 Å². The maximum Gasteiger partial charge on any atom is 0.182 e. The molecule has 0 aromatic carbocycles. The molecule has 0 aromatic rings. The van der Waals surface area contributed by atoms with E-state index in [2.05, 4.69) is 17.2 Å². The highest BCUT2D eigenvalue weighted by Crippen LogP contribution is 2.19. The van der Waals surface area contributed by atoms with E-state index in [-0.39, 0.29) is 18.0 Å². The average molecular weight is 223 g/mol. The fourth-order valence-electron chi connectivity index (χ4n) is 1.55. The van der Waals surface area contributed by atoms with Crippen LogP contribution >= 0.6 is 0 Å². The van der Waals surface area contributed by atoms with Gasteiger partial charge in [0.1, 0.15) is 0 Å². The zero-order chi connectivity index (χ0) is 12.8. The van der Waals surface area contributed by atoms with Crippen LogP contribution in [-0.2, 0) is 0 Å². The van der Waals surface area contributed by atoms with Crippen LogP contribution in [0.25, 0.3) is 0 Å². The lowest BCUT2D eigenvalue weighted by atomic mass is 9.91. The van der Waals surface area contributed by atoms with Crippen LogP contribution in [-0.4, -0.2) is 17.8 Å². The number of hydrogen-bond donors (Lipinski definition) is 1. The van der Waals surface area contributed by atoms with Gasteiger partial charge in [0, 0.05) is 18.0 Å². The zero-order valence-corrected chi connectivity index (χ0v) is 10.7. The first-order valence-electron chi connectivity index (χ1n) is 5.66. The van der Waals surface area contributed by atoms with Crippen molar-refractivity contribution in [3.8, 4) is 24.7 Å². The highest BCUT2D eigenvalue weighted by atomic mass is 19.1. The van der Waals surface area contributed by atoms with Gasteiger partial charge < -0.3 is 5.32 Å². The van der Waals surface area contributed by atoms with Crippen LogP contribution in [0.1, 0.15) is 40.5 Å². The smallest absolute Gasteiger partial charge is 0.182 e. The fourth-order valence-corrected chi connectivity index (χ4v) is 1.55. The summed E-state index contributed by atoms with van der Waals surface area (Å²) >= 11 is 0. The Hall–Kier alpha value is -0.990. The lowest BCUT2D eigenvalue weighted by molar-refractivity contribution is 0.197. The van der Waals surface area contributed by atoms with E-state index in [1.54, 1.807) is 6.92 Å². The van der Waals surface area contributed by atoms with E-state index in [4.69, 9.17) is 12.8 Å². The predicted octanol–water partition coefficient (Wildman–Crippen LogP) is 2.77.